The first-order chi connectivity index (χ1) is 10.8. The van der Waals surface area contributed by atoms with Crippen LogP contribution in [0.1, 0.15) is 17.5 Å². The minimum atomic E-state index is -0.330. The van der Waals surface area contributed by atoms with Crippen LogP contribution < -0.4 is 5.32 Å². The average molecular weight is 295 g/mol. The van der Waals surface area contributed by atoms with Gasteiger partial charge >= 0.3 is 6.03 Å². The van der Waals surface area contributed by atoms with E-state index in [1.165, 1.54) is 11.1 Å². The molecule has 1 aromatic heterocycles. The van der Waals surface area contributed by atoms with E-state index in [9.17, 15) is 4.79 Å². The molecule has 1 spiro atoms. The Bertz CT molecular complexity index is 704. The number of ether oxygens (including phenoxy) is 1. The van der Waals surface area contributed by atoms with Gasteiger partial charge in [-0.2, -0.15) is 0 Å². The van der Waals surface area contributed by atoms with Gasteiger partial charge < -0.3 is 15.0 Å². The Morgan fingerprint density at radius 1 is 1.27 bits per heavy atom. The summed E-state index contributed by atoms with van der Waals surface area (Å²) in [4.78, 5) is 18.2. The van der Waals surface area contributed by atoms with Gasteiger partial charge in [-0.05, 0) is 23.3 Å². The van der Waals surface area contributed by atoms with E-state index in [4.69, 9.17) is 4.74 Å². The second-order valence-corrected chi connectivity index (χ2v) is 5.78. The zero-order valence-corrected chi connectivity index (χ0v) is 12.2. The van der Waals surface area contributed by atoms with Crippen LogP contribution in [0.5, 0.6) is 0 Å². The number of nitrogens with one attached hydrogen (secondary N) is 1. The van der Waals surface area contributed by atoms with Crippen LogP contribution in [0.2, 0.25) is 0 Å². The van der Waals surface area contributed by atoms with E-state index in [1.807, 2.05) is 23.1 Å². The topological polar surface area (TPSA) is 54.5 Å². The quantitative estimate of drug-likeness (QED) is 0.880. The molecule has 1 atom stereocenters. The number of hydrogen-bond donors (Lipinski definition) is 1. The van der Waals surface area contributed by atoms with Crippen molar-refractivity contribution in [2.75, 3.05) is 18.4 Å². The smallest absolute Gasteiger partial charge is 0.322 e. The summed E-state index contributed by atoms with van der Waals surface area (Å²) in [5.74, 6) is 0. The molecule has 2 amide bonds. The zero-order chi connectivity index (χ0) is 15.0. The van der Waals surface area contributed by atoms with Gasteiger partial charge in [-0.15, -0.1) is 0 Å². The zero-order valence-electron chi connectivity index (χ0n) is 12.2. The van der Waals surface area contributed by atoms with E-state index in [0.29, 0.717) is 25.4 Å². The monoisotopic (exact) mass is 295 g/mol. The summed E-state index contributed by atoms with van der Waals surface area (Å²) in [6.45, 7) is 1.92. The minimum absolute atomic E-state index is 0.0992. The first-order valence-corrected chi connectivity index (χ1v) is 7.45. The number of pyridine rings is 1. The van der Waals surface area contributed by atoms with Gasteiger partial charge in [-0.1, -0.05) is 24.3 Å². The van der Waals surface area contributed by atoms with Crippen molar-refractivity contribution in [1.29, 1.82) is 0 Å². The molecule has 112 valence electrons. The van der Waals surface area contributed by atoms with E-state index in [-0.39, 0.29) is 11.6 Å². The molecule has 0 saturated carbocycles. The van der Waals surface area contributed by atoms with E-state index in [1.54, 1.807) is 18.5 Å². The van der Waals surface area contributed by atoms with Crippen molar-refractivity contribution in [3.05, 3.63) is 59.9 Å². The first kappa shape index (κ1) is 13.3. The van der Waals surface area contributed by atoms with Gasteiger partial charge in [0, 0.05) is 19.2 Å². The molecule has 1 fully saturated rings. The second-order valence-electron chi connectivity index (χ2n) is 5.78. The number of aromatic nitrogens is 1. The fraction of sp³-hybridized carbons (Fsp3) is 0.294. The van der Waals surface area contributed by atoms with Gasteiger partial charge in [0.15, 0.2) is 0 Å². The molecule has 0 bridgehead atoms. The Hall–Kier alpha value is -2.40. The highest BCUT2D eigenvalue weighted by atomic mass is 16.5. The fourth-order valence-corrected chi connectivity index (χ4v) is 3.32. The minimum Gasteiger partial charge on any atom is -0.364 e. The lowest BCUT2D eigenvalue weighted by Crippen LogP contribution is -2.36. The Kier molecular flexibility index (Phi) is 3.08. The summed E-state index contributed by atoms with van der Waals surface area (Å²) in [6.07, 6.45) is 4.17. The molecule has 1 unspecified atom stereocenters. The number of anilines is 1. The Morgan fingerprint density at radius 2 is 2.18 bits per heavy atom. The Balaban J connectivity index is 1.50. The van der Waals surface area contributed by atoms with Crippen molar-refractivity contribution in [3.63, 3.8) is 0 Å². The molecule has 5 heteroatoms. The maximum atomic E-state index is 12.4. The molecule has 2 aliphatic rings. The number of nitrogens with zero attached hydrogens (tertiary/aromatic N) is 2. The summed E-state index contributed by atoms with van der Waals surface area (Å²) in [6, 6.07) is 11.8. The highest BCUT2D eigenvalue weighted by molar-refractivity contribution is 5.89. The number of amides is 2. The largest absolute Gasteiger partial charge is 0.364 e. The number of urea groups is 1. The van der Waals surface area contributed by atoms with Crippen LogP contribution in [0.25, 0.3) is 0 Å². The van der Waals surface area contributed by atoms with E-state index >= 15 is 0 Å². The van der Waals surface area contributed by atoms with Crippen LogP contribution in [0, 0.1) is 0 Å². The maximum Gasteiger partial charge on any atom is 0.322 e. The van der Waals surface area contributed by atoms with Crippen molar-refractivity contribution in [2.45, 2.75) is 18.6 Å². The standard InChI is InChI=1S/C17H17N3O2/c21-16(19-14-5-3-8-18-10-14)20-9-7-17(12-20)15-6-2-1-4-13(15)11-22-17/h1-6,8,10H,7,9,11-12H2,(H,19,21). The Labute approximate surface area is 128 Å². The molecule has 1 aromatic carbocycles. The molecule has 0 radical (unpaired) electrons. The van der Waals surface area contributed by atoms with Gasteiger partial charge in [0.25, 0.3) is 0 Å². The van der Waals surface area contributed by atoms with Crippen LogP contribution >= 0.6 is 0 Å². The van der Waals surface area contributed by atoms with Crippen molar-refractivity contribution in [1.82, 2.24) is 9.88 Å². The maximum absolute atomic E-state index is 12.4. The number of rotatable bonds is 1. The summed E-state index contributed by atoms with van der Waals surface area (Å²) in [5, 5.41) is 2.88. The highest BCUT2D eigenvalue weighted by Crippen LogP contribution is 2.43. The summed E-state index contributed by atoms with van der Waals surface area (Å²) in [7, 11) is 0. The first-order valence-electron chi connectivity index (χ1n) is 7.45. The summed E-state index contributed by atoms with van der Waals surface area (Å²) in [5.41, 5.74) is 2.84. The van der Waals surface area contributed by atoms with Crippen LogP contribution in [-0.4, -0.2) is 29.0 Å². The second kappa shape index (κ2) is 5.10. The van der Waals surface area contributed by atoms with Crippen LogP contribution in [-0.2, 0) is 16.9 Å². The number of carbonyl (C=O) groups is 1. The SMILES string of the molecule is O=C(Nc1cccnc1)N1CCC2(C1)OCc1ccccc12. The molecule has 4 rings (SSSR count). The number of carbonyl (C=O) groups excluding carboxylic acids is 1. The van der Waals surface area contributed by atoms with Crippen LogP contribution in [0.4, 0.5) is 10.5 Å². The molecule has 5 nitrogen and oxygen atoms in total. The van der Waals surface area contributed by atoms with Crippen molar-refractivity contribution in [2.24, 2.45) is 0 Å². The molecule has 0 aliphatic carbocycles. The van der Waals surface area contributed by atoms with Gasteiger partial charge in [0.1, 0.15) is 5.60 Å². The van der Waals surface area contributed by atoms with Gasteiger partial charge in [-0.3, -0.25) is 4.98 Å². The number of likely N-dealkylation sites (tertiary alicyclic amines) is 1. The van der Waals surface area contributed by atoms with E-state index in [2.05, 4.69) is 22.4 Å². The molecule has 3 heterocycles. The van der Waals surface area contributed by atoms with Crippen molar-refractivity contribution >= 4 is 11.7 Å². The summed E-state index contributed by atoms with van der Waals surface area (Å²) < 4.78 is 6.07. The van der Waals surface area contributed by atoms with Crippen molar-refractivity contribution < 1.29 is 9.53 Å². The lowest BCUT2D eigenvalue weighted by Gasteiger charge is -2.24. The lowest BCUT2D eigenvalue weighted by molar-refractivity contribution is -0.0269. The fourth-order valence-electron chi connectivity index (χ4n) is 3.32. The molecule has 22 heavy (non-hydrogen) atoms. The molecule has 1 N–H and O–H groups in total. The predicted molar refractivity (Wildman–Crippen MR) is 82.4 cm³/mol. The van der Waals surface area contributed by atoms with Crippen molar-refractivity contribution in [3.8, 4) is 0 Å². The third kappa shape index (κ3) is 2.14. The third-order valence-corrected chi connectivity index (χ3v) is 4.44. The number of fused-ring (bicyclic) bond motifs is 2. The van der Waals surface area contributed by atoms with Gasteiger partial charge in [-0.25, -0.2) is 4.79 Å². The normalized spacial score (nSPS) is 22.8. The third-order valence-electron chi connectivity index (χ3n) is 4.44. The molecule has 2 aromatic rings. The molecular weight excluding hydrogens is 278 g/mol. The van der Waals surface area contributed by atoms with Gasteiger partial charge in [0.2, 0.25) is 0 Å². The number of benzene rings is 1. The van der Waals surface area contributed by atoms with E-state index < -0.39 is 0 Å². The highest BCUT2D eigenvalue weighted by Gasteiger charge is 2.46. The number of hydrogen-bond acceptors (Lipinski definition) is 3. The average Bonchev–Trinajstić information content (AvgIpc) is 3.15. The lowest BCUT2D eigenvalue weighted by atomic mass is 9.92. The van der Waals surface area contributed by atoms with E-state index in [0.717, 1.165) is 6.42 Å². The molecule has 2 aliphatic heterocycles. The van der Waals surface area contributed by atoms with Crippen LogP contribution in [0.15, 0.2) is 48.8 Å². The molecule has 1 saturated heterocycles. The Morgan fingerprint density at radius 3 is 3.05 bits per heavy atom. The van der Waals surface area contributed by atoms with Crippen LogP contribution in [0.3, 0.4) is 0 Å². The molecular formula is C17H17N3O2. The summed E-state index contributed by atoms with van der Waals surface area (Å²) >= 11 is 0. The van der Waals surface area contributed by atoms with Gasteiger partial charge in [0.05, 0.1) is 25.0 Å². The predicted octanol–water partition coefficient (Wildman–Crippen LogP) is 2.74.